The van der Waals surface area contributed by atoms with Crippen molar-refractivity contribution in [1.82, 2.24) is 0 Å². The average Bonchev–Trinajstić information content (AvgIpc) is 3.14. The first kappa shape index (κ1) is 12.8. The molecule has 0 bridgehead atoms. The van der Waals surface area contributed by atoms with Gasteiger partial charge in [0.25, 0.3) is 0 Å². The SMILES string of the molecule is O=C(Nc1ccc2c(c1Cl)B(O)CC2)OCC1CC1. The molecule has 1 aliphatic carbocycles. The summed E-state index contributed by atoms with van der Waals surface area (Å²) >= 11 is 6.24. The van der Waals surface area contributed by atoms with Crippen LogP contribution >= 0.6 is 11.6 Å². The molecular formula is C13H15BClNO3. The van der Waals surface area contributed by atoms with Gasteiger partial charge in [-0.15, -0.1) is 0 Å². The van der Waals surface area contributed by atoms with Crippen LogP contribution in [0.3, 0.4) is 0 Å². The third-order valence-corrected chi connectivity index (χ3v) is 4.08. The number of rotatable bonds is 3. The normalized spacial score (nSPS) is 17.3. The Morgan fingerprint density at radius 2 is 2.32 bits per heavy atom. The maximum Gasteiger partial charge on any atom is 0.411 e. The third kappa shape index (κ3) is 2.72. The number of anilines is 1. The molecule has 1 heterocycles. The van der Waals surface area contributed by atoms with Crippen LogP contribution in [-0.4, -0.2) is 24.6 Å². The van der Waals surface area contributed by atoms with Gasteiger partial charge in [0.2, 0.25) is 0 Å². The summed E-state index contributed by atoms with van der Waals surface area (Å²) in [5.74, 6) is 0.531. The lowest BCUT2D eigenvalue weighted by molar-refractivity contribution is 0.156. The molecule has 1 aromatic rings. The summed E-state index contributed by atoms with van der Waals surface area (Å²) in [7, 11) is 0. The average molecular weight is 280 g/mol. The molecule has 1 aliphatic heterocycles. The molecular weight excluding hydrogens is 264 g/mol. The van der Waals surface area contributed by atoms with Crippen LogP contribution in [0.1, 0.15) is 18.4 Å². The zero-order chi connectivity index (χ0) is 13.4. The van der Waals surface area contributed by atoms with Crippen LogP contribution in [0, 0.1) is 5.92 Å². The van der Waals surface area contributed by atoms with Crippen molar-refractivity contribution in [2.24, 2.45) is 5.92 Å². The summed E-state index contributed by atoms with van der Waals surface area (Å²) < 4.78 is 5.10. The number of ether oxygens (including phenoxy) is 1. The molecule has 100 valence electrons. The van der Waals surface area contributed by atoms with Crippen molar-refractivity contribution in [3.63, 3.8) is 0 Å². The fourth-order valence-corrected chi connectivity index (χ4v) is 2.73. The van der Waals surface area contributed by atoms with Crippen LogP contribution in [0.5, 0.6) is 0 Å². The van der Waals surface area contributed by atoms with Gasteiger partial charge in [-0.3, -0.25) is 5.32 Å². The molecule has 4 nitrogen and oxygen atoms in total. The van der Waals surface area contributed by atoms with E-state index in [0.717, 1.165) is 30.3 Å². The fourth-order valence-electron chi connectivity index (χ4n) is 2.37. The van der Waals surface area contributed by atoms with Gasteiger partial charge < -0.3 is 9.76 Å². The summed E-state index contributed by atoms with van der Waals surface area (Å²) in [6.45, 7) is -0.0662. The van der Waals surface area contributed by atoms with E-state index < -0.39 is 13.0 Å². The second kappa shape index (κ2) is 5.06. The lowest BCUT2D eigenvalue weighted by Crippen LogP contribution is -2.28. The second-order valence-corrected chi connectivity index (χ2v) is 5.60. The molecule has 2 N–H and O–H groups in total. The van der Waals surface area contributed by atoms with E-state index in [4.69, 9.17) is 16.3 Å². The molecule has 1 saturated carbocycles. The molecule has 0 unspecified atom stereocenters. The van der Waals surface area contributed by atoms with E-state index in [0.29, 0.717) is 29.6 Å². The zero-order valence-electron chi connectivity index (χ0n) is 10.5. The first-order valence-corrected chi connectivity index (χ1v) is 6.96. The Balaban J connectivity index is 1.70. The van der Waals surface area contributed by atoms with Gasteiger partial charge in [0.15, 0.2) is 0 Å². The zero-order valence-corrected chi connectivity index (χ0v) is 11.2. The fraction of sp³-hybridized carbons (Fsp3) is 0.462. The topological polar surface area (TPSA) is 58.6 Å². The Morgan fingerprint density at radius 3 is 3.05 bits per heavy atom. The lowest BCUT2D eigenvalue weighted by atomic mass is 9.63. The van der Waals surface area contributed by atoms with E-state index in [2.05, 4.69) is 5.32 Å². The predicted molar refractivity (Wildman–Crippen MR) is 75.3 cm³/mol. The van der Waals surface area contributed by atoms with E-state index >= 15 is 0 Å². The van der Waals surface area contributed by atoms with Crippen LogP contribution in [0.2, 0.25) is 11.3 Å². The third-order valence-electron chi connectivity index (χ3n) is 3.67. The lowest BCUT2D eigenvalue weighted by Gasteiger charge is -2.12. The number of carbonyl (C=O) groups is 1. The maximum atomic E-state index is 11.6. The van der Waals surface area contributed by atoms with Crippen LogP contribution in [-0.2, 0) is 11.2 Å². The highest BCUT2D eigenvalue weighted by Crippen LogP contribution is 2.29. The van der Waals surface area contributed by atoms with Crippen molar-refractivity contribution >= 4 is 35.8 Å². The largest absolute Gasteiger partial charge is 0.449 e. The number of hydrogen-bond acceptors (Lipinski definition) is 3. The first-order valence-electron chi connectivity index (χ1n) is 6.58. The van der Waals surface area contributed by atoms with Crippen LogP contribution < -0.4 is 10.8 Å². The van der Waals surface area contributed by atoms with Crippen molar-refractivity contribution in [2.45, 2.75) is 25.6 Å². The summed E-state index contributed by atoms with van der Waals surface area (Å²) in [6.07, 6.45) is 3.30. The summed E-state index contributed by atoms with van der Waals surface area (Å²) in [5, 5.41) is 12.9. The minimum atomic E-state index is -0.535. The molecule has 0 spiro atoms. The van der Waals surface area contributed by atoms with Crippen LogP contribution in [0.15, 0.2) is 12.1 Å². The Labute approximate surface area is 117 Å². The summed E-state index contributed by atoms with van der Waals surface area (Å²) in [6, 6.07) is 3.66. The predicted octanol–water partition coefficient (Wildman–Crippen LogP) is 2.05. The van der Waals surface area contributed by atoms with E-state index in [-0.39, 0.29) is 0 Å². The number of fused-ring (bicyclic) bond motifs is 1. The molecule has 1 amide bonds. The van der Waals surface area contributed by atoms with Crippen LogP contribution in [0.25, 0.3) is 0 Å². The Kier molecular flexibility index (Phi) is 3.41. The molecule has 0 atom stereocenters. The van der Waals surface area contributed by atoms with Gasteiger partial charge in [0.05, 0.1) is 17.3 Å². The Hall–Kier alpha value is -1.20. The molecule has 0 saturated heterocycles. The van der Waals surface area contributed by atoms with Crippen molar-refractivity contribution in [3.8, 4) is 0 Å². The van der Waals surface area contributed by atoms with Crippen LogP contribution in [0.4, 0.5) is 10.5 Å². The monoisotopic (exact) mass is 279 g/mol. The molecule has 1 aromatic carbocycles. The van der Waals surface area contributed by atoms with E-state index in [1.165, 1.54) is 0 Å². The number of amides is 1. The Bertz CT molecular complexity index is 519. The van der Waals surface area contributed by atoms with Gasteiger partial charge in [-0.1, -0.05) is 17.7 Å². The smallest absolute Gasteiger partial charge is 0.411 e. The van der Waals surface area contributed by atoms with Crippen molar-refractivity contribution in [3.05, 3.63) is 22.7 Å². The number of carbonyl (C=O) groups excluding carboxylic acids is 1. The van der Waals surface area contributed by atoms with E-state index in [1.807, 2.05) is 6.07 Å². The maximum absolute atomic E-state index is 11.6. The standard InChI is InChI=1S/C13H15BClNO3/c15-12-10(16-13(17)19-7-8-1-2-8)4-3-9-5-6-14(18)11(9)12/h3-4,8,18H,1-2,5-7H2,(H,16,17). The van der Waals surface area contributed by atoms with Crippen molar-refractivity contribution in [2.75, 3.05) is 11.9 Å². The van der Waals surface area contributed by atoms with Gasteiger partial charge in [-0.25, -0.2) is 4.79 Å². The van der Waals surface area contributed by atoms with Gasteiger partial charge in [-0.2, -0.15) is 0 Å². The molecule has 19 heavy (non-hydrogen) atoms. The number of hydrogen-bond donors (Lipinski definition) is 2. The minimum Gasteiger partial charge on any atom is -0.449 e. The highest BCUT2D eigenvalue weighted by molar-refractivity contribution is 6.71. The van der Waals surface area contributed by atoms with E-state index in [9.17, 15) is 9.82 Å². The number of halogens is 1. The number of benzene rings is 1. The van der Waals surface area contributed by atoms with Crippen molar-refractivity contribution < 1.29 is 14.6 Å². The molecule has 0 aromatic heterocycles. The van der Waals surface area contributed by atoms with Gasteiger partial charge in [0, 0.05) is 0 Å². The summed E-state index contributed by atoms with van der Waals surface area (Å²) in [4.78, 5) is 11.6. The minimum absolute atomic E-state index is 0.422. The molecule has 3 rings (SSSR count). The number of nitrogens with one attached hydrogen (secondary N) is 1. The molecule has 0 radical (unpaired) electrons. The van der Waals surface area contributed by atoms with Crippen molar-refractivity contribution in [1.29, 1.82) is 0 Å². The quantitative estimate of drug-likeness (QED) is 0.833. The van der Waals surface area contributed by atoms with E-state index in [1.54, 1.807) is 6.07 Å². The second-order valence-electron chi connectivity index (χ2n) is 5.22. The highest BCUT2D eigenvalue weighted by Gasteiger charge is 2.29. The molecule has 6 heteroatoms. The first-order chi connectivity index (χ1) is 9.15. The van der Waals surface area contributed by atoms with Gasteiger partial charge >= 0.3 is 13.0 Å². The van der Waals surface area contributed by atoms with Gasteiger partial charge in [-0.05, 0) is 48.6 Å². The molecule has 1 fully saturated rings. The summed E-state index contributed by atoms with van der Waals surface area (Å²) in [5.41, 5.74) is 2.29. The van der Waals surface area contributed by atoms with Gasteiger partial charge in [0.1, 0.15) is 0 Å². The Morgan fingerprint density at radius 1 is 1.53 bits per heavy atom. The molecule has 2 aliphatic rings. The number of aryl methyl sites for hydroxylation is 1. The highest BCUT2D eigenvalue weighted by atomic mass is 35.5.